The van der Waals surface area contributed by atoms with E-state index in [1.54, 1.807) is 12.1 Å². The Balaban J connectivity index is 1.81. The molecule has 1 fully saturated rings. The topological polar surface area (TPSA) is 29.5 Å². The summed E-state index contributed by atoms with van der Waals surface area (Å²) in [5, 5.41) is 10.3. The normalized spacial score (nSPS) is 21.2. The van der Waals surface area contributed by atoms with Gasteiger partial charge in [-0.05, 0) is 44.2 Å². The van der Waals surface area contributed by atoms with Crippen LogP contribution < -0.4 is 0 Å². The van der Waals surface area contributed by atoms with E-state index in [0.29, 0.717) is 23.1 Å². The van der Waals surface area contributed by atoms with Gasteiger partial charge in [-0.15, -0.1) is 0 Å². The number of hydrogen-bond donors (Lipinski definition) is 1. The van der Waals surface area contributed by atoms with Crippen molar-refractivity contribution in [2.24, 2.45) is 0 Å². The van der Waals surface area contributed by atoms with Crippen LogP contribution >= 0.6 is 11.6 Å². The molecule has 0 amide bonds. The van der Waals surface area contributed by atoms with E-state index in [4.69, 9.17) is 16.3 Å². The summed E-state index contributed by atoms with van der Waals surface area (Å²) < 4.78 is 19.1. The third-order valence-corrected chi connectivity index (χ3v) is 3.58. The molecular weight excluding hydrogens is 255 g/mol. The van der Waals surface area contributed by atoms with Crippen molar-refractivity contribution in [2.45, 2.75) is 44.3 Å². The highest BCUT2D eigenvalue weighted by atomic mass is 35.5. The van der Waals surface area contributed by atoms with Crippen molar-refractivity contribution >= 4 is 11.6 Å². The van der Waals surface area contributed by atoms with Crippen molar-refractivity contribution in [2.75, 3.05) is 6.61 Å². The second kappa shape index (κ2) is 6.50. The first-order valence-electron chi connectivity index (χ1n) is 6.41. The second-order valence-electron chi connectivity index (χ2n) is 4.75. The Morgan fingerprint density at radius 1 is 1.50 bits per heavy atom. The van der Waals surface area contributed by atoms with Crippen LogP contribution in [-0.2, 0) is 4.74 Å². The summed E-state index contributed by atoms with van der Waals surface area (Å²) >= 11 is 5.67. The Morgan fingerprint density at radius 3 is 3.00 bits per heavy atom. The van der Waals surface area contributed by atoms with Gasteiger partial charge >= 0.3 is 0 Å². The summed E-state index contributed by atoms with van der Waals surface area (Å²) in [6.45, 7) is 0.846. The SMILES string of the molecule is OC(CCCC1CCCO1)c1ccc(Cl)cc1F. The number of aliphatic hydroxyl groups is 1. The van der Waals surface area contributed by atoms with Gasteiger partial charge in [0, 0.05) is 17.2 Å². The highest BCUT2D eigenvalue weighted by Crippen LogP contribution is 2.26. The van der Waals surface area contributed by atoms with Gasteiger partial charge in [0.15, 0.2) is 0 Å². The van der Waals surface area contributed by atoms with Crippen molar-refractivity contribution in [1.82, 2.24) is 0 Å². The van der Waals surface area contributed by atoms with E-state index in [1.807, 2.05) is 0 Å². The lowest BCUT2D eigenvalue weighted by atomic mass is 10.0. The number of rotatable bonds is 5. The van der Waals surface area contributed by atoms with E-state index in [2.05, 4.69) is 0 Å². The number of ether oxygens (including phenoxy) is 1. The van der Waals surface area contributed by atoms with E-state index in [1.165, 1.54) is 6.07 Å². The minimum atomic E-state index is -0.760. The molecule has 0 aliphatic carbocycles. The maximum Gasteiger partial charge on any atom is 0.130 e. The summed E-state index contributed by atoms with van der Waals surface area (Å²) in [5.74, 6) is -0.438. The van der Waals surface area contributed by atoms with Crippen molar-refractivity contribution in [3.63, 3.8) is 0 Å². The van der Waals surface area contributed by atoms with Gasteiger partial charge in [-0.1, -0.05) is 17.7 Å². The van der Waals surface area contributed by atoms with Crippen LogP contribution in [0.25, 0.3) is 0 Å². The van der Waals surface area contributed by atoms with Crippen LogP contribution in [0.1, 0.15) is 43.8 Å². The zero-order valence-corrected chi connectivity index (χ0v) is 11.0. The first-order valence-corrected chi connectivity index (χ1v) is 6.79. The van der Waals surface area contributed by atoms with E-state index < -0.39 is 11.9 Å². The lowest BCUT2D eigenvalue weighted by molar-refractivity contribution is 0.0940. The Labute approximate surface area is 112 Å². The number of hydrogen-bond acceptors (Lipinski definition) is 2. The summed E-state index contributed by atoms with van der Waals surface area (Å²) in [5.41, 5.74) is 0.326. The molecule has 0 bridgehead atoms. The van der Waals surface area contributed by atoms with Crippen molar-refractivity contribution < 1.29 is 14.2 Å². The predicted molar refractivity (Wildman–Crippen MR) is 69.2 cm³/mol. The molecule has 1 N–H and O–H groups in total. The average molecular weight is 273 g/mol. The van der Waals surface area contributed by atoms with Gasteiger partial charge in [0.05, 0.1) is 12.2 Å². The van der Waals surface area contributed by atoms with Crippen LogP contribution in [0, 0.1) is 5.82 Å². The largest absolute Gasteiger partial charge is 0.388 e. The van der Waals surface area contributed by atoms with E-state index in [0.717, 1.165) is 32.3 Å². The number of benzene rings is 1. The summed E-state index contributed by atoms with van der Waals surface area (Å²) in [4.78, 5) is 0. The first kappa shape index (κ1) is 13.8. The zero-order chi connectivity index (χ0) is 13.0. The molecule has 2 rings (SSSR count). The molecule has 0 spiro atoms. The molecule has 0 aromatic heterocycles. The quantitative estimate of drug-likeness (QED) is 0.882. The molecule has 4 heteroatoms. The maximum absolute atomic E-state index is 13.6. The summed E-state index contributed by atoms with van der Waals surface area (Å²) in [6.07, 6.45) is 4.12. The van der Waals surface area contributed by atoms with Gasteiger partial charge in [-0.2, -0.15) is 0 Å². The standard InChI is InChI=1S/C14H18ClFO2/c15-10-6-7-12(13(16)9-10)14(17)5-1-3-11-4-2-8-18-11/h6-7,9,11,14,17H,1-5,8H2. The smallest absolute Gasteiger partial charge is 0.130 e. The summed E-state index contributed by atoms with van der Waals surface area (Å²) in [7, 11) is 0. The molecule has 1 aliphatic rings. The van der Waals surface area contributed by atoms with Crippen LogP contribution in [0.4, 0.5) is 4.39 Å². The Bertz CT molecular complexity index is 391. The predicted octanol–water partition coefficient (Wildman–Crippen LogP) is 3.86. The molecule has 2 atom stereocenters. The fraction of sp³-hybridized carbons (Fsp3) is 0.571. The third-order valence-electron chi connectivity index (χ3n) is 3.35. The second-order valence-corrected chi connectivity index (χ2v) is 5.18. The maximum atomic E-state index is 13.6. The van der Waals surface area contributed by atoms with Crippen molar-refractivity contribution in [3.8, 4) is 0 Å². The molecule has 18 heavy (non-hydrogen) atoms. The van der Waals surface area contributed by atoms with Crippen molar-refractivity contribution in [1.29, 1.82) is 0 Å². The average Bonchev–Trinajstić information content (AvgIpc) is 2.81. The fourth-order valence-corrected chi connectivity index (χ4v) is 2.50. The van der Waals surface area contributed by atoms with Gasteiger partial charge < -0.3 is 9.84 Å². The molecule has 0 radical (unpaired) electrons. The van der Waals surface area contributed by atoms with Crippen molar-refractivity contribution in [3.05, 3.63) is 34.6 Å². The monoisotopic (exact) mass is 272 g/mol. The highest BCUT2D eigenvalue weighted by molar-refractivity contribution is 6.30. The minimum absolute atomic E-state index is 0.326. The van der Waals surface area contributed by atoms with Crippen LogP contribution in [0.5, 0.6) is 0 Å². The Kier molecular flexibility index (Phi) is 4.98. The first-order chi connectivity index (χ1) is 8.66. The van der Waals surface area contributed by atoms with Crippen LogP contribution in [0.2, 0.25) is 5.02 Å². The lowest BCUT2D eigenvalue weighted by Crippen LogP contribution is -2.06. The molecule has 0 saturated carbocycles. The molecule has 100 valence electrons. The molecular formula is C14H18ClFO2. The minimum Gasteiger partial charge on any atom is -0.388 e. The van der Waals surface area contributed by atoms with Gasteiger partial charge in [0.1, 0.15) is 5.82 Å². The third kappa shape index (κ3) is 3.67. The van der Waals surface area contributed by atoms with Gasteiger partial charge in [0.2, 0.25) is 0 Å². The molecule has 1 aromatic carbocycles. The van der Waals surface area contributed by atoms with Crippen LogP contribution in [0.3, 0.4) is 0 Å². The van der Waals surface area contributed by atoms with E-state index in [9.17, 15) is 9.50 Å². The Morgan fingerprint density at radius 2 is 2.33 bits per heavy atom. The highest BCUT2D eigenvalue weighted by Gasteiger charge is 2.17. The molecule has 1 saturated heterocycles. The molecule has 1 heterocycles. The molecule has 1 aromatic rings. The Hall–Kier alpha value is -0.640. The van der Waals surface area contributed by atoms with Gasteiger partial charge in [0.25, 0.3) is 0 Å². The van der Waals surface area contributed by atoms with Gasteiger partial charge in [-0.25, -0.2) is 4.39 Å². The molecule has 2 unspecified atom stereocenters. The van der Waals surface area contributed by atoms with E-state index >= 15 is 0 Å². The van der Waals surface area contributed by atoms with Crippen LogP contribution in [-0.4, -0.2) is 17.8 Å². The van der Waals surface area contributed by atoms with Gasteiger partial charge in [-0.3, -0.25) is 0 Å². The number of aliphatic hydroxyl groups excluding tert-OH is 1. The van der Waals surface area contributed by atoms with Crippen LogP contribution in [0.15, 0.2) is 18.2 Å². The summed E-state index contributed by atoms with van der Waals surface area (Å²) in [6, 6.07) is 4.39. The molecule has 2 nitrogen and oxygen atoms in total. The lowest BCUT2D eigenvalue weighted by Gasteiger charge is -2.14. The molecule has 1 aliphatic heterocycles. The zero-order valence-electron chi connectivity index (χ0n) is 10.2. The fourth-order valence-electron chi connectivity index (χ4n) is 2.34. The van der Waals surface area contributed by atoms with E-state index in [-0.39, 0.29) is 0 Å². The number of halogens is 2.